The zero-order valence-corrected chi connectivity index (χ0v) is 21.0. The highest BCUT2D eigenvalue weighted by Gasteiger charge is 2.31. The summed E-state index contributed by atoms with van der Waals surface area (Å²) < 4.78 is 8.19. The van der Waals surface area contributed by atoms with E-state index in [9.17, 15) is 4.79 Å². The fourth-order valence-electron chi connectivity index (χ4n) is 3.69. The van der Waals surface area contributed by atoms with Crippen LogP contribution in [0.2, 0.25) is 0 Å². The van der Waals surface area contributed by atoms with Gasteiger partial charge in [-0.2, -0.15) is 5.10 Å². The smallest absolute Gasteiger partial charge is 0.266 e. The van der Waals surface area contributed by atoms with E-state index in [4.69, 9.17) is 22.1 Å². The van der Waals surface area contributed by atoms with Crippen LogP contribution in [0.1, 0.15) is 30.9 Å². The highest BCUT2D eigenvalue weighted by Crippen LogP contribution is 2.35. The van der Waals surface area contributed by atoms with Crippen molar-refractivity contribution in [3.05, 3.63) is 83.4 Å². The van der Waals surface area contributed by atoms with Gasteiger partial charge in [0.15, 0.2) is 0 Å². The molecule has 0 spiro atoms. The van der Waals surface area contributed by atoms with Gasteiger partial charge in [-0.3, -0.25) is 9.69 Å². The van der Waals surface area contributed by atoms with Gasteiger partial charge in [0.25, 0.3) is 5.91 Å². The third-order valence-electron chi connectivity index (χ3n) is 5.46. The van der Waals surface area contributed by atoms with E-state index >= 15 is 0 Å². The molecule has 1 aliphatic heterocycles. The van der Waals surface area contributed by atoms with Crippen molar-refractivity contribution in [2.75, 3.05) is 13.2 Å². The number of unbranched alkanes of at least 4 members (excludes halogenated alkanes) is 1. The summed E-state index contributed by atoms with van der Waals surface area (Å²) in [6.45, 7) is 8.93. The van der Waals surface area contributed by atoms with E-state index in [-0.39, 0.29) is 5.91 Å². The second kappa shape index (κ2) is 10.8. The summed E-state index contributed by atoms with van der Waals surface area (Å²) in [7, 11) is 0. The number of para-hydroxylation sites is 1. The molecule has 34 heavy (non-hydrogen) atoms. The van der Waals surface area contributed by atoms with Crippen LogP contribution >= 0.6 is 24.0 Å². The number of carbonyl (C=O) groups excluding carboxylic acids is 1. The summed E-state index contributed by atoms with van der Waals surface area (Å²) in [4.78, 5) is 15.4. The molecule has 0 aliphatic carbocycles. The lowest BCUT2D eigenvalue weighted by molar-refractivity contribution is -0.122. The molecule has 1 amide bonds. The van der Waals surface area contributed by atoms with Gasteiger partial charge in [0, 0.05) is 23.9 Å². The number of aryl methyl sites for hydroxylation is 1. The lowest BCUT2D eigenvalue weighted by Crippen LogP contribution is -2.28. The van der Waals surface area contributed by atoms with Crippen molar-refractivity contribution in [2.45, 2.75) is 26.7 Å². The standard InChI is InChI=1S/C27H27N3O2S2/c1-4-6-14-29-26(31)24(34-27(29)33)17-21-18-30(22-10-8-7-9-11-22)28-25(21)20-12-13-23(19(3)16-20)32-15-5-2/h5,7-13,16-18H,2,4,6,14-15H2,1,3H3. The maximum atomic E-state index is 13.0. The summed E-state index contributed by atoms with van der Waals surface area (Å²) in [6, 6.07) is 15.9. The van der Waals surface area contributed by atoms with E-state index < -0.39 is 0 Å². The number of benzene rings is 2. The molecule has 174 valence electrons. The molecule has 1 aromatic heterocycles. The van der Waals surface area contributed by atoms with Gasteiger partial charge in [-0.15, -0.1) is 0 Å². The number of nitrogens with zero attached hydrogens (tertiary/aromatic N) is 3. The number of hydrogen-bond acceptors (Lipinski definition) is 5. The third-order valence-corrected chi connectivity index (χ3v) is 6.84. The molecule has 5 nitrogen and oxygen atoms in total. The molecule has 0 N–H and O–H groups in total. The van der Waals surface area contributed by atoms with Crippen LogP contribution in [0.15, 0.2) is 72.3 Å². The summed E-state index contributed by atoms with van der Waals surface area (Å²) in [6.07, 6.45) is 7.53. The van der Waals surface area contributed by atoms with Gasteiger partial charge < -0.3 is 4.74 Å². The van der Waals surface area contributed by atoms with E-state index in [2.05, 4.69) is 19.6 Å². The molecular formula is C27H27N3O2S2. The van der Waals surface area contributed by atoms with Crippen LogP contribution in [0.4, 0.5) is 0 Å². The minimum atomic E-state index is -0.0359. The predicted molar refractivity (Wildman–Crippen MR) is 144 cm³/mol. The molecule has 0 bridgehead atoms. The maximum Gasteiger partial charge on any atom is 0.266 e. The van der Waals surface area contributed by atoms with Crippen LogP contribution in [-0.2, 0) is 4.79 Å². The highest BCUT2D eigenvalue weighted by atomic mass is 32.2. The Morgan fingerprint density at radius 2 is 2.00 bits per heavy atom. The molecule has 2 heterocycles. The Morgan fingerprint density at radius 3 is 2.71 bits per heavy atom. The molecule has 4 rings (SSSR count). The average molecular weight is 490 g/mol. The largest absolute Gasteiger partial charge is 0.489 e. The SMILES string of the molecule is C=CCOc1ccc(-c2nn(-c3ccccc3)cc2C=C2SC(=S)N(CCCC)C2=O)cc1C. The molecule has 2 aromatic carbocycles. The Bertz CT molecular complexity index is 1250. The number of hydrogen-bond donors (Lipinski definition) is 0. The van der Waals surface area contributed by atoms with Crippen molar-refractivity contribution in [2.24, 2.45) is 0 Å². The van der Waals surface area contributed by atoms with Crippen molar-refractivity contribution in [1.82, 2.24) is 14.7 Å². The van der Waals surface area contributed by atoms with Crippen molar-refractivity contribution in [3.8, 4) is 22.7 Å². The summed E-state index contributed by atoms with van der Waals surface area (Å²) in [5.74, 6) is 0.774. The van der Waals surface area contributed by atoms with Gasteiger partial charge in [0.05, 0.1) is 10.6 Å². The van der Waals surface area contributed by atoms with Gasteiger partial charge in [0.2, 0.25) is 0 Å². The van der Waals surface area contributed by atoms with Gasteiger partial charge >= 0.3 is 0 Å². The first-order valence-corrected chi connectivity index (χ1v) is 12.5. The molecule has 7 heteroatoms. The normalized spacial score (nSPS) is 14.8. The molecule has 0 saturated carbocycles. The number of thioether (sulfide) groups is 1. The van der Waals surface area contributed by atoms with Crippen molar-refractivity contribution >= 4 is 40.3 Å². The van der Waals surface area contributed by atoms with Crippen LogP contribution in [0.25, 0.3) is 23.0 Å². The molecule has 1 fully saturated rings. The van der Waals surface area contributed by atoms with E-state index in [1.54, 1.807) is 11.0 Å². The summed E-state index contributed by atoms with van der Waals surface area (Å²) in [5, 5.41) is 4.89. The lowest BCUT2D eigenvalue weighted by atomic mass is 10.0. The van der Waals surface area contributed by atoms with Gasteiger partial charge in [-0.25, -0.2) is 4.68 Å². The van der Waals surface area contributed by atoms with Gasteiger partial charge in [0.1, 0.15) is 22.4 Å². The minimum absolute atomic E-state index is 0.0359. The van der Waals surface area contributed by atoms with Crippen LogP contribution < -0.4 is 4.74 Å². The minimum Gasteiger partial charge on any atom is -0.489 e. The number of thiocarbonyl (C=S) groups is 1. The predicted octanol–water partition coefficient (Wildman–Crippen LogP) is 6.41. The quantitative estimate of drug-likeness (QED) is 0.197. The fourth-order valence-corrected chi connectivity index (χ4v) is 4.99. The Morgan fingerprint density at radius 1 is 1.21 bits per heavy atom. The Labute approximate surface area is 210 Å². The molecule has 3 aromatic rings. The second-order valence-electron chi connectivity index (χ2n) is 7.98. The summed E-state index contributed by atoms with van der Waals surface area (Å²) in [5.41, 5.74) is 4.55. The zero-order chi connectivity index (χ0) is 24.1. The lowest BCUT2D eigenvalue weighted by Gasteiger charge is -2.13. The third kappa shape index (κ3) is 5.16. The van der Waals surface area contributed by atoms with Gasteiger partial charge in [-0.05, 0) is 55.3 Å². The number of rotatable bonds is 9. The van der Waals surface area contributed by atoms with E-state index in [0.717, 1.165) is 46.7 Å². The number of carbonyl (C=O) groups is 1. The van der Waals surface area contributed by atoms with Crippen LogP contribution in [0.5, 0.6) is 5.75 Å². The monoisotopic (exact) mass is 489 g/mol. The van der Waals surface area contributed by atoms with Crippen LogP contribution in [-0.4, -0.2) is 38.1 Å². The Hall–Kier alpha value is -3.16. The van der Waals surface area contributed by atoms with Crippen LogP contribution in [0, 0.1) is 6.92 Å². The van der Waals surface area contributed by atoms with E-state index in [1.165, 1.54) is 11.8 Å². The first-order chi connectivity index (χ1) is 16.5. The average Bonchev–Trinajstić information content (AvgIpc) is 3.38. The van der Waals surface area contributed by atoms with E-state index in [1.807, 2.05) is 66.3 Å². The van der Waals surface area contributed by atoms with Crippen molar-refractivity contribution in [1.29, 1.82) is 0 Å². The highest BCUT2D eigenvalue weighted by molar-refractivity contribution is 8.26. The molecular weight excluding hydrogens is 462 g/mol. The molecule has 0 atom stereocenters. The zero-order valence-electron chi connectivity index (χ0n) is 19.4. The van der Waals surface area contributed by atoms with Crippen molar-refractivity contribution < 1.29 is 9.53 Å². The van der Waals surface area contributed by atoms with Gasteiger partial charge in [-0.1, -0.05) is 68.2 Å². The van der Waals surface area contributed by atoms with Crippen molar-refractivity contribution in [3.63, 3.8) is 0 Å². The fraction of sp³-hybridized carbons (Fsp3) is 0.222. The molecule has 0 unspecified atom stereocenters. The topological polar surface area (TPSA) is 47.4 Å². The Kier molecular flexibility index (Phi) is 7.65. The second-order valence-corrected chi connectivity index (χ2v) is 9.66. The van der Waals surface area contributed by atoms with E-state index in [0.29, 0.717) is 22.4 Å². The number of ether oxygens (including phenoxy) is 1. The molecule has 0 radical (unpaired) electrons. The first kappa shape index (κ1) is 24.0. The van der Waals surface area contributed by atoms with Crippen LogP contribution in [0.3, 0.4) is 0 Å². The Balaban J connectivity index is 1.75. The summed E-state index contributed by atoms with van der Waals surface area (Å²) >= 11 is 6.84. The number of aromatic nitrogens is 2. The molecule has 1 saturated heterocycles. The molecule has 1 aliphatic rings. The maximum absolute atomic E-state index is 13.0. The first-order valence-electron chi connectivity index (χ1n) is 11.3. The number of amides is 1.